The van der Waals surface area contributed by atoms with Crippen LogP contribution < -0.4 is 5.32 Å². The topological polar surface area (TPSA) is 73.9 Å². The molecule has 1 N–H and O–H groups in total. The fourth-order valence-electron chi connectivity index (χ4n) is 1.82. The highest BCUT2D eigenvalue weighted by Gasteiger charge is 2.26. The van der Waals surface area contributed by atoms with Crippen molar-refractivity contribution in [3.63, 3.8) is 0 Å². The van der Waals surface area contributed by atoms with Gasteiger partial charge in [-0.2, -0.15) is 0 Å². The Kier molecular flexibility index (Phi) is 7.71. The molecule has 1 amide bonds. The predicted octanol–water partition coefficient (Wildman–Crippen LogP) is 3.05. The first kappa shape index (κ1) is 20.0. The lowest BCUT2D eigenvalue weighted by Crippen LogP contribution is -2.45. The van der Waals surface area contributed by atoms with Gasteiger partial charge in [0.15, 0.2) is 6.79 Å². The second-order valence-electron chi connectivity index (χ2n) is 6.69. The van der Waals surface area contributed by atoms with Crippen molar-refractivity contribution in [2.45, 2.75) is 58.8 Å². The van der Waals surface area contributed by atoms with Crippen molar-refractivity contribution in [3.8, 4) is 0 Å². The average Bonchev–Trinajstić information content (AvgIpc) is 2.45. The monoisotopic (exact) mass is 337 g/mol. The van der Waals surface area contributed by atoms with Crippen LogP contribution >= 0.6 is 0 Å². The van der Waals surface area contributed by atoms with E-state index in [0.29, 0.717) is 6.42 Å². The van der Waals surface area contributed by atoms with E-state index in [4.69, 9.17) is 14.2 Å². The van der Waals surface area contributed by atoms with E-state index in [2.05, 4.69) is 5.32 Å². The van der Waals surface area contributed by atoms with E-state index in [1.165, 1.54) is 0 Å². The van der Waals surface area contributed by atoms with Crippen LogP contribution in [0.1, 0.15) is 40.2 Å². The summed E-state index contributed by atoms with van der Waals surface area (Å²) in [5.74, 6) is -0.564. The van der Waals surface area contributed by atoms with Crippen LogP contribution in [0.2, 0.25) is 0 Å². The second-order valence-corrected chi connectivity index (χ2v) is 6.69. The molecule has 0 aliphatic rings. The van der Waals surface area contributed by atoms with Gasteiger partial charge in [-0.1, -0.05) is 30.3 Å². The maximum absolute atomic E-state index is 12.3. The van der Waals surface area contributed by atoms with Crippen molar-refractivity contribution in [2.24, 2.45) is 0 Å². The number of benzene rings is 1. The molecule has 0 aliphatic carbocycles. The van der Waals surface area contributed by atoms with Crippen molar-refractivity contribution in [2.75, 3.05) is 6.79 Å². The Morgan fingerprint density at radius 2 is 1.75 bits per heavy atom. The summed E-state index contributed by atoms with van der Waals surface area (Å²) in [6, 6.07) is 8.52. The molecule has 0 fully saturated rings. The molecule has 1 aromatic rings. The van der Waals surface area contributed by atoms with Crippen molar-refractivity contribution in [3.05, 3.63) is 35.9 Å². The maximum Gasteiger partial charge on any atom is 0.408 e. The van der Waals surface area contributed by atoms with Gasteiger partial charge in [-0.05, 0) is 40.2 Å². The Hall–Kier alpha value is -2.08. The van der Waals surface area contributed by atoms with Gasteiger partial charge >= 0.3 is 12.1 Å². The second kappa shape index (κ2) is 9.27. The third-order valence-electron chi connectivity index (χ3n) is 2.86. The zero-order valence-electron chi connectivity index (χ0n) is 15.0. The van der Waals surface area contributed by atoms with E-state index in [9.17, 15) is 9.59 Å². The molecule has 1 rings (SSSR count). The van der Waals surface area contributed by atoms with Gasteiger partial charge < -0.3 is 19.5 Å². The highest BCUT2D eigenvalue weighted by Crippen LogP contribution is 2.09. The molecule has 24 heavy (non-hydrogen) atoms. The molecule has 0 unspecified atom stereocenters. The Morgan fingerprint density at radius 3 is 2.29 bits per heavy atom. The Balaban J connectivity index is 2.71. The molecule has 0 saturated heterocycles. The molecular formula is C18H27NO5. The first-order valence-corrected chi connectivity index (χ1v) is 7.99. The smallest absolute Gasteiger partial charge is 0.408 e. The van der Waals surface area contributed by atoms with Gasteiger partial charge in [0.05, 0.1) is 6.10 Å². The van der Waals surface area contributed by atoms with Gasteiger partial charge in [0.2, 0.25) is 0 Å². The Morgan fingerprint density at radius 1 is 1.12 bits per heavy atom. The molecular weight excluding hydrogens is 310 g/mol. The standard InChI is InChI=1S/C18H27NO5/c1-13(2)22-12-23-16(20)15(11-14-9-7-6-8-10-14)19-17(21)24-18(3,4)5/h6-10,13,15H,11-12H2,1-5H3,(H,19,21)/t15-/m0/s1. The van der Waals surface area contributed by atoms with Crippen LogP contribution in [0.3, 0.4) is 0 Å². The highest BCUT2D eigenvalue weighted by atomic mass is 16.7. The van der Waals surface area contributed by atoms with Crippen LogP contribution in [0, 0.1) is 0 Å². The van der Waals surface area contributed by atoms with Crippen LogP contribution in [0.25, 0.3) is 0 Å². The molecule has 6 nitrogen and oxygen atoms in total. The summed E-state index contributed by atoms with van der Waals surface area (Å²) in [4.78, 5) is 24.2. The average molecular weight is 337 g/mol. The summed E-state index contributed by atoms with van der Waals surface area (Å²) in [6.07, 6.45) is -0.407. The quantitative estimate of drug-likeness (QED) is 0.611. The minimum atomic E-state index is -0.849. The molecule has 0 saturated carbocycles. The third-order valence-corrected chi connectivity index (χ3v) is 2.86. The molecule has 0 aromatic heterocycles. The minimum absolute atomic E-state index is 0.0517. The highest BCUT2D eigenvalue weighted by molar-refractivity contribution is 5.81. The fourth-order valence-corrected chi connectivity index (χ4v) is 1.82. The summed E-state index contributed by atoms with van der Waals surface area (Å²) in [5.41, 5.74) is 0.256. The van der Waals surface area contributed by atoms with E-state index >= 15 is 0 Å². The van der Waals surface area contributed by atoms with E-state index in [0.717, 1.165) is 5.56 Å². The molecule has 0 aliphatic heterocycles. The van der Waals surface area contributed by atoms with E-state index in [1.54, 1.807) is 20.8 Å². The lowest BCUT2D eigenvalue weighted by atomic mass is 10.1. The van der Waals surface area contributed by atoms with Crippen molar-refractivity contribution in [1.82, 2.24) is 5.32 Å². The van der Waals surface area contributed by atoms with E-state index in [1.807, 2.05) is 44.2 Å². The van der Waals surface area contributed by atoms with Crippen molar-refractivity contribution >= 4 is 12.1 Å². The number of rotatable bonds is 7. The molecule has 0 radical (unpaired) electrons. The van der Waals surface area contributed by atoms with Crippen molar-refractivity contribution in [1.29, 1.82) is 0 Å². The van der Waals surface area contributed by atoms with Gasteiger partial charge in [-0.3, -0.25) is 0 Å². The van der Waals surface area contributed by atoms with Crippen molar-refractivity contribution < 1.29 is 23.8 Å². The molecule has 0 bridgehead atoms. The van der Waals surface area contributed by atoms with E-state index in [-0.39, 0.29) is 12.9 Å². The first-order valence-electron chi connectivity index (χ1n) is 7.99. The number of carbonyl (C=O) groups is 2. The zero-order chi connectivity index (χ0) is 18.2. The molecule has 134 valence electrons. The van der Waals surface area contributed by atoms with Crippen LogP contribution in [0.4, 0.5) is 4.79 Å². The molecule has 1 atom stereocenters. The van der Waals surface area contributed by atoms with Gasteiger partial charge in [0.1, 0.15) is 11.6 Å². The molecule has 0 spiro atoms. The lowest BCUT2D eigenvalue weighted by molar-refractivity contribution is -0.161. The predicted molar refractivity (Wildman–Crippen MR) is 90.5 cm³/mol. The number of hydrogen-bond donors (Lipinski definition) is 1. The molecule has 0 heterocycles. The molecule has 1 aromatic carbocycles. The summed E-state index contributed by atoms with van der Waals surface area (Å²) in [5, 5.41) is 2.57. The van der Waals surface area contributed by atoms with Crippen LogP contribution in [-0.4, -0.2) is 36.6 Å². The number of ether oxygens (including phenoxy) is 3. The number of hydrogen-bond acceptors (Lipinski definition) is 5. The zero-order valence-corrected chi connectivity index (χ0v) is 15.0. The maximum atomic E-state index is 12.3. The summed E-state index contributed by atoms with van der Waals surface area (Å²) < 4.78 is 15.5. The number of amides is 1. The SMILES string of the molecule is CC(C)OCOC(=O)[C@H](Cc1ccccc1)NC(=O)OC(C)(C)C. The Bertz CT molecular complexity index is 522. The number of alkyl carbamates (subject to hydrolysis) is 1. The minimum Gasteiger partial charge on any atom is -0.444 e. The Labute approximate surface area is 143 Å². The number of nitrogens with one attached hydrogen (secondary N) is 1. The van der Waals surface area contributed by atoms with E-state index < -0.39 is 23.7 Å². The summed E-state index contributed by atoms with van der Waals surface area (Å²) in [7, 11) is 0. The molecule has 6 heteroatoms. The van der Waals surface area contributed by atoms with Crippen LogP contribution in [0.15, 0.2) is 30.3 Å². The van der Waals surface area contributed by atoms with Crippen LogP contribution in [0.5, 0.6) is 0 Å². The summed E-state index contributed by atoms with van der Waals surface area (Å²) >= 11 is 0. The van der Waals surface area contributed by atoms with Gasteiger partial charge in [0, 0.05) is 6.42 Å². The number of carbonyl (C=O) groups excluding carboxylic acids is 2. The lowest BCUT2D eigenvalue weighted by Gasteiger charge is -2.23. The number of esters is 1. The largest absolute Gasteiger partial charge is 0.444 e. The van der Waals surface area contributed by atoms with Crippen LogP contribution in [-0.2, 0) is 25.4 Å². The summed E-state index contributed by atoms with van der Waals surface area (Å²) in [6.45, 7) is 8.80. The normalized spacial score (nSPS) is 12.6. The van der Waals surface area contributed by atoms with Gasteiger partial charge in [0.25, 0.3) is 0 Å². The first-order chi connectivity index (χ1) is 11.2. The third kappa shape index (κ3) is 8.53. The van der Waals surface area contributed by atoms with Gasteiger partial charge in [-0.25, -0.2) is 9.59 Å². The van der Waals surface area contributed by atoms with Gasteiger partial charge in [-0.15, -0.1) is 0 Å². The fraction of sp³-hybridized carbons (Fsp3) is 0.556.